The molecule has 1 atom stereocenters. The van der Waals surface area contributed by atoms with Gasteiger partial charge in [-0.15, -0.1) is 11.3 Å². The number of piperazine rings is 1. The van der Waals surface area contributed by atoms with Gasteiger partial charge < -0.3 is 10.1 Å². The number of hydrogen-bond donors (Lipinski definition) is 1. The maximum Gasteiger partial charge on any atom is 0.387 e. The van der Waals surface area contributed by atoms with Crippen LogP contribution in [0, 0.1) is 0 Å². The maximum absolute atomic E-state index is 12.7. The lowest BCUT2D eigenvalue weighted by atomic mass is 10.0. The quantitative estimate of drug-likeness (QED) is 0.874. The Morgan fingerprint density at radius 3 is 2.52 bits per heavy atom. The molecule has 124 valence electrons. The smallest absolute Gasteiger partial charge is 0.387 e. The van der Waals surface area contributed by atoms with E-state index in [1.807, 2.05) is 24.3 Å². The summed E-state index contributed by atoms with van der Waals surface area (Å²) in [4.78, 5) is 3.30. The van der Waals surface area contributed by atoms with Gasteiger partial charge >= 0.3 is 6.61 Å². The van der Waals surface area contributed by atoms with Crippen LogP contribution in [0.4, 0.5) is 8.78 Å². The molecule has 1 aromatic heterocycles. The number of thiophene rings is 1. The molecular weight excluding hydrogens is 342 g/mol. The maximum atomic E-state index is 12.7. The van der Waals surface area contributed by atoms with E-state index >= 15 is 0 Å². The summed E-state index contributed by atoms with van der Waals surface area (Å²) >= 11 is 7.56. The van der Waals surface area contributed by atoms with Gasteiger partial charge in [-0.3, -0.25) is 4.90 Å². The van der Waals surface area contributed by atoms with Gasteiger partial charge in [0.25, 0.3) is 0 Å². The molecule has 0 amide bonds. The number of nitrogens with zero attached hydrogens (tertiary/aromatic N) is 1. The van der Waals surface area contributed by atoms with Gasteiger partial charge in [-0.1, -0.05) is 29.8 Å². The molecule has 0 radical (unpaired) electrons. The topological polar surface area (TPSA) is 24.5 Å². The van der Waals surface area contributed by atoms with Gasteiger partial charge in [0.15, 0.2) is 0 Å². The fourth-order valence-corrected chi connectivity index (χ4v) is 4.07. The number of hydrogen-bond acceptors (Lipinski definition) is 4. The number of benzene rings is 1. The third kappa shape index (κ3) is 4.01. The van der Waals surface area contributed by atoms with Crippen LogP contribution in [0.2, 0.25) is 4.34 Å². The molecule has 0 aliphatic carbocycles. The minimum Gasteiger partial charge on any atom is -0.434 e. The second-order valence-corrected chi connectivity index (χ2v) is 6.99. The van der Waals surface area contributed by atoms with Crippen LogP contribution in [0.15, 0.2) is 36.4 Å². The first-order valence-electron chi connectivity index (χ1n) is 7.39. The Morgan fingerprint density at radius 2 is 1.87 bits per heavy atom. The molecule has 2 heterocycles. The monoisotopic (exact) mass is 358 g/mol. The molecule has 1 aliphatic heterocycles. The summed E-state index contributed by atoms with van der Waals surface area (Å²) in [6.45, 7) is 0.569. The zero-order valence-corrected chi connectivity index (χ0v) is 13.9. The zero-order valence-electron chi connectivity index (χ0n) is 12.3. The molecule has 0 bridgehead atoms. The zero-order chi connectivity index (χ0) is 16.2. The molecule has 7 heteroatoms. The van der Waals surface area contributed by atoms with E-state index < -0.39 is 6.61 Å². The van der Waals surface area contributed by atoms with Crippen molar-refractivity contribution in [1.82, 2.24) is 10.2 Å². The SMILES string of the molecule is FC(F)Oc1ccccc1[C@@H](c1ccc(Cl)s1)N1CCNCC1. The molecule has 3 nitrogen and oxygen atoms in total. The summed E-state index contributed by atoms with van der Waals surface area (Å²) in [6, 6.07) is 10.6. The fraction of sp³-hybridized carbons (Fsp3) is 0.375. The largest absolute Gasteiger partial charge is 0.434 e. The fourth-order valence-electron chi connectivity index (χ4n) is 2.86. The number of alkyl halides is 2. The van der Waals surface area contributed by atoms with Crippen LogP contribution in [0.1, 0.15) is 16.5 Å². The van der Waals surface area contributed by atoms with E-state index in [0.29, 0.717) is 4.34 Å². The molecule has 1 saturated heterocycles. The van der Waals surface area contributed by atoms with Gasteiger partial charge in [0, 0.05) is 36.6 Å². The number of halogens is 3. The lowest BCUT2D eigenvalue weighted by Gasteiger charge is -2.35. The minimum absolute atomic E-state index is 0.135. The molecular formula is C16H17ClF2N2OS. The van der Waals surface area contributed by atoms with Gasteiger partial charge in [-0.05, 0) is 18.2 Å². The van der Waals surface area contributed by atoms with Gasteiger partial charge in [0.1, 0.15) is 5.75 Å². The second-order valence-electron chi connectivity index (χ2n) is 5.25. The molecule has 0 unspecified atom stereocenters. The Balaban J connectivity index is 2.01. The highest BCUT2D eigenvalue weighted by Gasteiger charge is 2.28. The first-order chi connectivity index (χ1) is 11.1. The number of nitrogens with one attached hydrogen (secondary N) is 1. The van der Waals surface area contributed by atoms with Crippen molar-refractivity contribution in [3.63, 3.8) is 0 Å². The third-order valence-electron chi connectivity index (χ3n) is 3.81. The standard InChI is InChI=1S/C16H17ClF2N2OS/c17-14-6-5-13(23-14)15(21-9-7-20-8-10-21)11-3-1-2-4-12(11)22-16(18)19/h1-6,15-16,20H,7-10H2/t15-/m0/s1. The van der Waals surface area contributed by atoms with E-state index in [4.69, 9.17) is 16.3 Å². The molecule has 23 heavy (non-hydrogen) atoms. The van der Waals surface area contributed by atoms with E-state index in [9.17, 15) is 8.78 Å². The van der Waals surface area contributed by atoms with Crippen LogP contribution >= 0.6 is 22.9 Å². The molecule has 0 saturated carbocycles. The Morgan fingerprint density at radius 1 is 1.13 bits per heavy atom. The summed E-state index contributed by atoms with van der Waals surface area (Å²) in [5, 5.41) is 3.31. The Hall–Kier alpha value is -1.21. The Kier molecular flexibility index (Phi) is 5.48. The molecule has 1 aliphatic rings. The normalized spacial score (nSPS) is 17.4. The van der Waals surface area contributed by atoms with Crippen LogP contribution in [0.3, 0.4) is 0 Å². The molecule has 1 N–H and O–H groups in total. The van der Waals surface area contributed by atoms with E-state index in [2.05, 4.69) is 10.2 Å². The van der Waals surface area contributed by atoms with Gasteiger partial charge in [0.2, 0.25) is 0 Å². The van der Waals surface area contributed by atoms with E-state index in [-0.39, 0.29) is 11.8 Å². The average molecular weight is 359 g/mol. The summed E-state index contributed by atoms with van der Waals surface area (Å²) in [6.07, 6.45) is 0. The highest BCUT2D eigenvalue weighted by atomic mass is 35.5. The van der Waals surface area contributed by atoms with Crippen molar-refractivity contribution in [2.24, 2.45) is 0 Å². The van der Waals surface area contributed by atoms with Crippen molar-refractivity contribution in [2.75, 3.05) is 26.2 Å². The first kappa shape index (κ1) is 16.6. The average Bonchev–Trinajstić information content (AvgIpc) is 2.96. The van der Waals surface area contributed by atoms with Crippen LogP contribution in [0.5, 0.6) is 5.75 Å². The number of ether oxygens (including phenoxy) is 1. The lowest BCUT2D eigenvalue weighted by Crippen LogP contribution is -2.45. The first-order valence-corrected chi connectivity index (χ1v) is 8.58. The van der Waals surface area contributed by atoms with Gasteiger partial charge in [-0.25, -0.2) is 0 Å². The number of rotatable bonds is 5. The molecule has 1 aromatic carbocycles. The predicted molar refractivity (Wildman–Crippen MR) is 88.7 cm³/mol. The molecule has 2 aromatic rings. The van der Waals surface area contributed by atoms with Gasteiger partial charge in [-0.2, -0.15) is 8.78 Å². The summed E-state index contributed by atoms with van der Waals surface area (Å²) in [5.41, 5.74) is 0.744. The summed E-state index contributed by atoms with van der Waals surface area (Å²) in [5.74, 6) is 0.218. The Bertz CT molecular complexity index is 647. The second kappa shape index (κ2) is 7.57. The summed E-state index contributed by atoms with van der Waals surface area (Å²) in [7, 11) is 0. The van der Waals surface area contributed by atoms with Crippen LogP contribution in [-0.4, -0.2) is 37.7 Å². The van der Waals surface area contributed by atoms with E-state index in [0.717, 1.165) is 36.6 Å². The summed E-state index contributed by atoms with van der Waals surface area (Å²) < 4.78 is 30.9. The van der Waals surface area contributed by atoms with Crippen molar-refractivity contribution < 1.29 is 13.5 Å². The van der Waals surface area contributed by atoms with Gasteiger partial charge in [0.05, 0.1) is 10.4 Å². The van der Waals surface area contributed by atoms with Crippen LogP contribution in [0.25, 0.3) is 0 Å². The van der Waals surface area contributed by atoms with Crippen molar-refractivity contribution in [1.29, 1.82) is 0 Å². The third-order valence-corrected chi connectivity index (χ3v) is 5.09. The highest BCUT2D eigenvalue weighted by Crippen LogP contribution is 2.39. The van der Waals surface area contributed by atoms with Crippen molar-refractivity contribution in [2.45, 2.75) is 12.7 Å². The van der Waals surface area contributed by atoms with E-state index in [1.165, 1.54) is 11.3 Å². The van der Waals surface area contributed by atoms with Crippen LogP contribution in [-0.2, 0) is 0 Å². The number of para-hydroxylation sites is 1. The molecule has 1 fully saturated rings. The van der Waals surface area contributed by atoms with E-state index in [1.54, 1.807) is 12.1 Å². The van der Waals surface area contributed by atoms with Crippen molar-refractivity contribution in [3.8, 4) is 5.75 Å². The van der Waals surface area contributed by atoms with Crippen molar-refractivity contribution >= 4 is 22.9 Å². The molecule has 0 spiro atoms. The molecule has 3 rings (SSSR count). The predicted octanol–water partition coefficient (Wildman–Crippen LogP) is 4.00. The highest BCUT2D eigenvalue weighted by molar-refractivity contribution is 7.16. The van der Waals surface area contributed by atoms with Crippen molar-refractivity contribution in [3.05, 3.63) is 51.2 Å². The Labute approximate surface area is 142 Å². The minimum atomic E-state index is -2.84. The van der Waals surface area contributed by atoms with Crippen LogP contribution < -0.4 is 10.1 Å². The lowest BCUT2D eigenvalue weighted by molar-refractivity contribution is -0.0510.